The maximum Gasteiger partial charge on any atom is 0.191 e. The maximum atomic E-state index is 5.70. The van der Waals surface area contributed by atoms with Gasteiger partial charge in [0.2, 0.25) is 0 Å². The highest BCUT2D eigenvalue weighted by Gasteiger charge is 2.05. The van der Waals surface area contributed by atoms with E-state index < -0.39 is 0 Å². The van der Waals surface area contributed by atoms with Crippen molar-refractivity contribution in [3.63, 3.8) is 0 Å². The van der Waals surface area contributed by atoms with E-state index in [0.29, 0.717) is 13.2 Å². The number of guanidine groups is 1. The van der Waals surface area contributed by atoms with Crippen LogP contribution in [0.15, 0.2) is 78.0 Å². The largest absolute Gasteiger partial charge is 0.494 e. The van der Waals surface area contributed by atoms with Crippen LogP contribution in [0.4, 0.5) is 0 Å². The molecule has 146 valence electrons. The van der Waals surface area contributed by atoms with E-state index in [1.54, 1.807) is 7.05 Å². The van der Waals surface area contributed by atoms with Crippen molar-refractivity contribution in [3.05, 3.63) is 84.4 Å². The highest BCUT2D eigenvalue weighted by molar-refractivity contribution is 5.79. The minimum absolute atomic E-state index is 0.611. The molecule has 0 saturated heterocycles. The van der Waals surface area contributed by atoms with E-state index in [0.717, 1.165) is 37.0 Å². The summed E-state index contributed by atoms with van der Waals surface area (Å²) in [6.07, 6.45) is 4.72. The van der Waals surface area contributed by atoms with Crippen LogP contribution < -0.4 is 15.4 Å². The van der Waals surface area contributed by atoms with Gasteiger partial charge in [0.1, 0.15) is 11.6 Å². The summed E-state index contributed by atoms with van der Waals surface area (Å²) in [7, 11) is 1.77. The van der Waals surface area contributed by atoms with Crippen molar-refractivity contribution >= 4 is 5.96 Å². The zero-order valence-corrected chi connectivity index (χ0v) is 16.2. The van der Waals surface area contributed by atoms with Crippen LogP contribution in [0.2, 0.25) is 0 Å². The molecule has 1 heterocycles. The highest BCUT2D eigenvalue weighted by Crippen LogP contribution is 2.08. The Hall–Kier alpha value is -3.28. The molecule has 0 fully saturated rings. The Morgan fingerprint density at radius 2 is 1.79 bits per heavy atom. The molecule has 28 heavy (non-hydrogen) atoms. The summed E-state index contributed by atoms with van der Waals surface area (Å²) in [6.45, 7) is 2.86. The van der Waals surface area contributed by atoms with Gasteiger partial charge >= 0.3 is 0 Å². The fourth-order valence-corrected chi connectivity index (χ4v) is 2.80. The second kappa shape index (κ2) is 10.8. The zero-order chi connectivity index (χ0) is 19.4. The Morgan fingerprint density at radius 1 is 1.04 bits per heavy atom. The van der Waals surface area contributed by atoms with E-state index in [4.69, 9.17) is 4.74 Å². The average molecular weight is 377 g/mol. The number of benzene rings is 2. The predicted molar refractivity (Wildman–Crippen MR) is 113 cm³/mol. The molecule has 6 heteroatoms. The van der Waals surface area contributed by atoms with Crippen molar-refractivity contribution < 1.29 is 4.74 Å². The molecule has 0 aliphatic heterocycles. The van der Waals surface area contributed by atoms with Gasteiger partial charge in [-0.25, -0.2) is 4.98 Å². The van der Waals surface area contributed by atoms with E-state index in [2.05, 4.69) is 49.4 Å². The number of ether oxygens (including phenoxy) is 1. The maximum absolute atomic E-state index is 5.70. The summed E-state index contributed by atoms with van der Waals surface area (Å²) in [6, 6.07) is 20.2. The van der Waals surface area contributed by atoms with Gasteiger partial charge in [0, 0.05) is 32.5 Å². The molecule has 0 bridgehead atoms. The number of imidazole rings is 1. The first kappa shape index (κ1) is 19.5. The number of hydrogen-bond donors (Lipinski definition) is 2. The molecule has 0 spiro atoms. The van der Waals surface area contributed by atoms with Crippen molar-refractivity contribution in [2.45, 2.75) is 19.5 Å². The smallest absolute Gasteiger partial charge is 0.191 e. The molecule has 0 unspecified atom stereocenters. The number of nitrogens with zero attached hydrogens (tertiary/aromatic N) is 3. The first-order chi connectivity index (χ1) is 13.8. The van der Waals surface area contributed by atoms with E-state index in [1.807, 2.05) is 48.8 Å². The van der Waals surface area contributed by atoms with Gasteiger partial charge in [-0.3, -0.25) is 4.99 Å². The molecular weight excluding hydrogens is 350 g/mol. The lowest BCUT2D eigenvalue weighted by Crippen LogP contribution is -2.38. The van der Waals surface area contributed by atoms with E-state index >= 15 is 0 Å². The number of hydrogen-bond acceptors (Lipinski definition) is 3. The monoisotopic (exact) mass is 377 g/mol. The lowest BCUT2D eigenvalue weighted by Gasteiger charge is -2.13. The minimum Gasteiger partial charge on any atom is -0.494 e. The number of aromatic nitrogens is 2. The summed E-state index contributed by atoms with van der Waals surface area (Å²) < 4.78 is 7.84. The molecule has 0 aliphatic rings. The van der Waals surface area contributed by atoms with Gasteiger partial charge in [0.25, 0.3) is 0 Å². The molecule has 0 amide bonds. The van der Waals surface area contributed by atoms with E-state index in [1.165, 1.54) is 5.56 Å². The molecule has 3 aromatic rings. The Kier molecular flexibility index (Phi) is 7.49. The van der Waals surface area contributed by atoms with Crippen LogP contribution in [-0.4, -0.2) is 35.7 Å². The lowest BCUT2D eigenvalue weighted by atomic mass is 10.2. The predicted octanol–water partition coefficient (Wildman–Crippen LogP) is 3.07. The Balaban J connectivity index is 1.39. The third-order valence-corrected chi connectivity index (χ3v) is 4.26. The van der Waals surface area contributed by atoms with Crippen LogP contribution in [0, 0.1) is 0 Å². The van der Waals surface area contributed by atoms with Crippen molar-refractivity contribution in [3.8, 4) is 5.75 Å². The van der Waals surface area contributed by atoms with Gasteiger partial charge in [-0.05, 0) is 24.1 Å². The third kappa shape index (κ3) is 6.16. The van der Waals surface area contributed by atoms with Crippen molar-refractivity contribution in [1.29, 1.82) is 0 Å². The van der Waals surface area contributed by atoms with Gasteiger partial charge in [-0.1, -0.05) is 48.5 Å². The minimum atomic E-state index is 0.611. The molecule has 2 aromatic carbocycles. The van der Waals surface area contributed by atoms with Crippen LogP contribution in [-0.2, 0) is 13.1 Å². The molecule has 0 radical (unpaired) electrons. The first-order valence-electron chi connectivity index (χ1n) is 9.51. The summed E-state index contributed by atoms with van der Waals surface area (Å²) in [4.78, 5) is 8.73. The van der Waals surface area contributed by atoms with Crippen molar-refractivity contribution in [1.82, 2.24) is 20.2 Å². The molecule has 2 N–H and O–H groups in total. The van der Waals surface area contributed by atoms with Crippen LogP contribution in [0.1, 0.15) is 17.8 Å². The average Bonchev–Trinajstić information content (AvgIpc) is 3.18. The summed E-state index contributed by atoms with van der Waals surface area (Å²) >= 11 is 0. The summed E-state index contributed by atoms with van der Waals surface area (Å²) in [5.41, 5.74) is 1.25. The van der Waals surface area contributed by atoms with Gasteiger partial charge in [-0.2, -0.15) is 0 Å². The van der Waals surface area contributed by atoms with Crippen LogP contribution in [0.25, 0.3) is 0 Å². The quantitative estimate of drug-likeness (QED) is 0.342. The first-order valence-corrected chi connectivity index (χ1v) is 9.51. The van der Waals surface area contributed by atoms with Crippen LogP contribution in [0.3, 0.4) is 0 Å². The molecular formula is C22H27N5O. The van der Waals surface area contributed by atoms with E-state index in [-0.39, 0.29) is 0 Å². The fraction of sp³-hybridized carbons (Fsp3) is 0.273. The van der Waals surface area contributed by atoms with E-state index in [9.17, 15) is 0 Å². The van der Waals surface area contributed by atoms with Gasteiger partial charge in [0.15, 0.2) is 5.96 Å². The van der Waals surface area contributed by atoms with Crippen LogP contribution in [0.5, 0.6) is 5.75 Å². The number of rotatable bonds is 9. The van der Waals surface area contributed by atoms with Crippen molar-refractivity contribution in [2.75, 3.05) is 20.2 Å². The lowest BCUT2D eigenvalue weighted by molar-refractivity contribution is 0.311. The zero-order valence-electron chi connectivity index (χ0n) is 16.2. The molecule has 0 saturated carbocycles. The summed E-state index contributed by atoms with van der Waals surface area (Å²) in [5, 5.41) is 6.63. The number of aliphatic imine (C=N–C) groups is 1. The molecule has 0 atom stereocenters. The van der Waals surface area contributed by atoms with Gasteiger partial charge < -0.3 is 19.9 Å². The molecule has 0 aliphatic carbocycles. The standard InChI is InChI=1S/C22H27N5O/c1-23-22(25-13-8-16-28-20-11-6-3-7-12-20)26-17-21-24-14-15-27(21)18-19-9-4-2-5-10-19/h2-7,9-12,14-15H,8,13,16-18H2,1H3,(H2,23,25,26). The Morgan fingerprint density at radius 3 is 2.54 bits per heavy atom. The van der Waals surface area contributed by atoms with Crippen molar-refractivity contribution in [2.24, 2.45) is 4.99 Å². The molecule has 6 nitrogen and oxygen atoms in total. The normalized spacial score (nSPS) is 11.2. The summed E-state index contributed by atoms with van der Waals surface area (Å²) in [5.74, 6) is 2.63. The Labute approximate surface area is 166 Å². The number of nitrogens with one attached hydrogen (secondary N) is 2. The fourth-order valence-electron chi connectivity index (χ4n) is 2.80. The molecule has 1 aromatic heterocycles. The highest BCUT2D eigenvalue weighted by atomic mass is 16.5. The SMILES string of the molecule is CN=C(NCCCOc1ccccc1)NCc1nccn1Cc1ccccc1. The second-order valence-corrected chi connectivity index (χ2v) is 6.32. The van der Waals surface area contributed by atoms with Gasteiger partial charge in [0.05, 0.1) is 13.2 Å². The topological polar surface area (TPSA) is 63.5 Å². The van der Waals surface area contributed by atoms with Gasteiger partial charge in [-0.15, -0.1) is 0 Å². The second-order valence-electron chi connectivity index (χ2n) is 6.32. The third-order valence-electron chi connectivity index (χ3n) is 4.26. The molecule has 3 rings (SSSR count). The Bertz CT molecular complexity index is 846. The number of para-hydroxylation sites is 1. The van der Waals surface area contributed by atoms with Crippen LogP contribution >= 0.6 is 0 Å².